The first-order chi connectivity index (χ1) is 7.11. The molecule has 0 saturated carbocycles. The van der Waals surface area contributed by atoms with Gasteiger partial charge in [-0.15, -0.1) is 10.1 Å². The number of nitrogens with zero attached hydrogens (tertiary/aromatic N) is 2. The fraction of sp³-hybridized carbons (Fsp3) is 0.875. The van der Waals surface area contributed by atoms with Gasteiger partial charge in [-0.1, -0.05) is 0 Å². The second-order valence-corrected chi connectivity index (χ2v) is 2.92. The van der Waals surface area contributed by atoms with Gasteiger partial charge in [0.15, 0.2) is 0 Å². The summed E-state index contributed by atoms with van der Waals surface area (Å²) in [5.74, 6) is -0.0268. The number of carbonyl (C=O) groups is 1. The number of rotatable bonds is 8. The molecule has 0 rings (SSSR count). The lowest BCUT2D eigenvalue weighted by Gasteiger charge is -2.20. The van der Waals surface area contributed by atoms with Crippen LogP contribution >= 0.6 is 0 Å². The normalized spacial score (nSPS) is 9.73. The summed E-state index contributed by atoms with van der Waals surface area (Å²) >= 11 is 0. The largest absolute Gasteiger partial charge is 0.343 e. The lowest BCUT2D eigenvalue weighted by atomic mass is 10.3. The Morgan fingerprint density at radius 2 is 2.27 bits per heavy atom. The standard InChI is InChI=1S/C8H17N3O4/c1-2-10(8(12)4-5-9)6-3-7-15-11(13)14/h2-7,9H2,1H3. The fourth-order valence-corrected chi connectivity index (χ4v) is 1.14. The van der Waals surface area contributed by atoms with Crippen molar-refractivity contribution in [2.45, 2.75) is 19.8 Å². The zero-order valence-electron chi connectivity index (χ0n) is 8.85. The SMILES string of the molecule is CCN(CCCO[N+](=O)[O-])C(=O)CCN. The van der Waals surface area contributed by atoms with Crippen molar-refractivity contribution in [1.82, 2.24) is 4.90 Å². The van der Waals surface area contributed by atoms with Crippen molar-refractivity contribution in [3.05, 3.63) is 10.1 Å². The van der Waals surface area contributed by atoms with Crippen LogP contribution in [0.2, 0.25) is 0 Å². The lowest BCUT2D eigenvalue weighted by Crippen LogP contribution is -2.33. The van der Waals surface area contributed by atoms with Gasteiger partial charge in [-0.3, -0.25) is 4.79 Å². The van der Waals surface area contributed by atoms with Crippen LogP contribution in [-0.2, 0) is 9.63 Å². The molecule has 0 aromatic rings. The van der Waals surface area contributed by atoms with E-state index in [2.05, 4.69) is 4.84 Å². The van der Waals surface area contributed by atoms with E-state index in [9.17, 15) is 14.9 Å². The lowest BCUT2D eigenvalue weighted by molar-refractivity contribution is -0.757. The zero-order valence-corrected chi connectivity index (χ0v) is 8.85. The predicted octanol–water partition coefficient (Wildman–Crippen LogP) is -0.218. The molecule has 88 valence electrons. The Hall–Kier alpha value is -1.37. The average Bonchev–Trinajstić information content (AvgIpc) is 2.17. The fourth-order valence-electron chi connectivity index (χ4n) is 1.14. The highest BCUT2D eigenvalue weighted by atomic mass is 16.9. The minimum atomic E-state index is -0.835. The molecule has 15 heavy (non-hydrogen) atoms. The summed E-state index contributed by atoms with van der Waals surface area (Å²) in [5, 5.41) is 9.00. The van der Waals surface area contributed by atoms with Gasteiger partial charge in [-0.05, 0) is 13.3 Å². The van der Waals surface area contributed by atoms with E-state index in [0.717, 1.165) is 0 Å². The van der Waals surface area contributed by atoms with Crippen molar-refractivity contribution < 1.29 is 14.7 Å². The molecule has 2 N–H and O–H groups in total. The monoisotopic (exact) mass is 219 g/mol. The third-order valence-electron chi connectivity index (χ3n) is 1.86. The second-order valence-electron chi connectivity index (χ2n) is 2.92. The van der Waals surface area contributed by atoms with Crippen LogP contribution in [-0.4, -0.2) is 42.1 Å². The van der Waals surface area contributed by atoms with Crippen molar-refractivity contribution in [2.24, 2.45) is 5.73 Å². The van der Waals surface area contributed by atoms with Gasteiger partial charge in [-0.2, -0.15) is 0 Å². The van der Waals surface area contributed by atoms with Crippen molar-refractivity contribution in [1.29, 1.82) is 0 Å². The molecule has 0 bridgehead atoms. The summed E-state index contributed by atoms with van der Waals surface area (Å²) in [6.07, 6.45) is 0.759. The molecule has 0 unspecified atom stereocenters. The minimum Gasteiger partial charge on any atom is -0.343 e. The first-order valence-electron chi connectivity index (χ1n) is 4.87. The van der Waals surface area contributed by atoms with Crippen LogP contribution in [0.4, 0.5) is 0 Å². The van der Waals surface area contributed by atoms with E-state index in [1.165, 1.54) is 0 Å². The van der Waals surface area contributed by atoms with Crippen molar-refractivity contribution in [2.75, 3.05) is 26.2 Å². The van der Waals surface area contributed by atoms with E-state index >= 15 is 0 Å². The van der Waals surface area contributed by atoms with E-state index in [-0.39, 0.29) is 12.5 Å². The molecule has 0 saturated heterocycles. The van der Waals surface area contributed by atoms with Crippen LogP contribution in [0, 0.1) is 10.1 Å². The topological polar surface area (TPSA) is 98.7 Å². The Morgan fingerprint density at radius 1 is 1.60 bits per heavy atom. The third kappa shape index (κ3) is 6.67. The molecule has 1 amide bonds. The molecule has 0 spiro atoms. The number of amides is 1. The van der Waals surface area contributed by atoms with Gasteiger partial charge in [0.25, 0.3) is 5.09 Å². The van der Waals surface area contributed by atoms with E-state index in [1.54, 1.807) is 4.90 Å². The van der Waals surface area contributed by atoms with E-state index in [1.807, 2.05) is 6.92 Å². The molecule has 0 heterocycles. The Bertz CT molecular complexity index is 210. The number of nitrogens with two attached hydrogens (primary N) is 1. The maximum atomic E-state index is 11.4. The Labute approximate surface area is 88.3 Å². The predicted molar refractivity (Wildman–Crippen MR) is 53.5 cm³/mol. The molecule has 0 aromatic heterocycles. The highest BCUT2D eigenvalue weighted by Crippen LogP contribution is 1.96. The maximum absolute atomic E-state index is 11.4. The zero-order chi connectivity index (χ0) is 11.7. The van der Waals surface area contributed by atoms with Crippen LogP contribution in [0.5, 0.6) is 0 Å². The summed E-state index contributed by atoms with van der Waals surface area (Å²) in [7, 11) is 0. The Kier molecular flexibility index (Phi) is 7.25. The molecule has 7 heteroatoms. The first kappa shape index (κ1) is 13.6. The Morgan fingerprint density at radius 3 is 2.73 bits per heavy atom. The summed E-state index contributed by atoms with van der Waals surface area (Å²) < 4.78 is 0. The van der Waals surface area contributed by atoms with Gasteiger partial charge in [-0.25, -0.2) is 0 Å². The van der Waals surface area contributed by atoms with Crippen molar-refractivity contribution >= 4 is 5.91 Å². The van der Waals surface area contributed by atoms with Gasteiger partial charge >= 0.3 is 0 Å². The third-order valence-corrected chi connectivity index (χ3v) is 1.86. The van der Waals surface area contributed by atoms with E-state index in [0.29, 0.717) is 32.5 Å². The van der Waals surface area contributed by atoms with Crippen LogP contribution in [0.25, 0.3) is 0 Å². The smallest absolute Gasteiger partial charge is 0.294 e. The van der Waals surface area contributed by atoms with Gasteiger partial charge in [0, 0.05) is 26.1 Å². The summed E-state index contributed by atoms with van der Waals surface area (Å²) in [6.45, 7) is 3.23. The number of hydrogen-bond donors (Lipinski definition) is 1. The summed E-state index contributed by atoms with van der Waals surface area (Å²) in [6, 6.07) is 0. The summed E-state index contributed by atoms with van der Waals surface area (Å²) in [5.41, 5.74) is 5.25. The van der Waals surface area contributed by atoms with Crippen molar-refractivity contribution in [3.8, 4) is 0 Å². The second kappa shape index (κ2) is 7.98. The molecule has 0 aliphatic rings. The van der Waals surface area contributed by atoms with E-state index in [4.69, 9.17) is 5.73 Å². The summed E-state index contributed by atoms with van der Waals surface area (Å²) in [4.78, 5) is 27.0. The average molecular weight is 219 g/mol. The molecular formula is C8H17N3O4. The Balaban J connectivity index is 3.70. The number of hydrogen-bond acceptors (Lipinski definition) is 5. The molecule has 0 fully saturated rings. The molecule has 0 radical (unpaired) electrons. The minimum absolute atomic E-state index is 0.0133. The highest BCUT2D eigenvalue weighted by Gasteiger charge is 2.09. The molecule has 0 aliphatic heterocycles. The van der Waals surface area contributed by atoms with Crippen LogP contribution < -0.4 is 5.73 Å². The maximum Gasteiger partial charge on any atom is 0.294 e. The van der Waals surface area contributed by atoms with Gasteiger partial charge in [0.2, 0.25) is 5.91 Å². The molecule has 0 atom stereocenters. The molecule has 7 nitrogen and oxygen atoms in total. The van der Waals surface area contributed by atoms with E-state index < -0.39 is 5.09 Å². The van der Waals surface area contributed by atoms with Crippen LogP contribution in [0.3, 0.4) is 0 Å². The van der Waals surface area contributed by atoms with Gasteiger partial charge in [0.1, 0.15) is 0 Å². The van der Waals surface area contributed by atoms with Gasteiger partial charge in [0.05, 0.1) is 6.61 Å². The highest BCUT2D eigenvalue weighted by molar-refractivity contribution is 5.76. The van der Waals surface area contributed by atoms with Gasteiger partial charge < -0.3 is 15.5 Å². The first-order valence-corrected chi connectivity index (χ1v) is 4.87. The molecule has 0 aliphatic carbocycles. The molecular weight excluding hydrogens is 202 g/mol. The van der Waals surface area contributed by atoms with Crippen molar-refractivity contribution in [3.63, 3.8) is 0 Å². The van der Waals surface area contributed by atoms with Crippen LogP contribution in [0.1, 0.15) is 19.8 Å². The number of carbonyl (C=O) groups excluding carboxylic acids is 1. The molecule has 0 aromatic carbocycles. The van der Waals surface area contributed by atoms with Crippen LogP contribution in [0.15, 0.2) is 0 Å². The quantitative estimate of drug-likeness (QED) is 0.346.